The predicted octanol–water partition coefficient (Wildman–Crippen LogP) is 6.94. The van der Waals surface area contributed by atoms with Crippen molar-refractivity contribution < 1.29 is 22.4 Å². The van der Waals surface area contributed by atoms with E-state index in [0.29, 0.717) is 22.9 Å². The van der Waals surface area contributed by atoms with Crippen LogP contribution in [0.2, 0.25) is 0 Å². The monoisotopic (exact) mass is 536 g/mol. The molecule has 194 valence electrons. The van der Waals surface area contributed by atoms with Gasteiger partial charge in [0.05, 0.1) is 6.21 Å². The normalized spacial score (nSPS) is 12.7. The van der Waals surface area contributed by atoms with Crippen LogP contribution in [0.5, 0.6) is 5.75 Å². The molecule has 0 unspecified atom stereocenters. The van der Waals surface area contributed by atoms with Crippen LogP contribution in [0.3, 0.4) is 0 Å². The lowest BCUT2D eigenvalue weighted by atomic mass is 9.87. The Bertz CT molecular complexity index is 1530. The Kier molecular flexibility index (Phi) is 6.90. The van der Waals surface area contributed by atoms with Gasteiger partial charge in [0.2, 0.25) is 0 Å². The molecule has 1 aliphatic rings. The molecule has 0 fully saturated rings. The number of halogens is 3. The molecule has 5 rings (SSSR count). The second-order valence-corrected chi connectivity index (χ2v) is 9.38. The van der Waals surface area contributed by atoms with Crippen LogP contribution in [0.25, 0.3) is 22.6 Å². The summed E-state index contributed by atoms with van der Waals surface area (Å²) < 4.78 is 46.9. The number of hydrogen-bond acceptors (Lipinski definition) is 5. The summed E-state index contributed by atoms with van der Waals surface area (Å²) in [6.45, 7) is 4.05. The fourth-order valence-corrected chi connectivity index (χ4v) is 4.61. The molecule has 0 spiro atoms. The van der Waals surface area contributed by atoms with Gasteiger partial charge in [0.15, 0.2) is 10.9 Å². The molecule has 1 heterocycles. The number of rotatable bonds is 5. The number of hydrogen-bond donors (Lipinski definition) is 2. The van der Waals surface area contributed by atoms with E-state index in [9.17, 15) is 13.2 Å². The summed E-state index contributed by atoms with van der Waals surface area (Å²) in [4.78, 5) is 0. The molecule has 0 bridgehead atoms. The quantitative estimate of drug-likeness (QED) is 0.164. The van der Waals surface area contributed by atoms with Crippen molar-refractivity contribution in [1.29, 1.82) is 0 Å². The van der Waals surface area contributed by atoms with E-state index in [0.717, 1.165) is 45.6 Å². The van der Waals surface area contributed by atoms with E-state index in [1.807, 2.05) is 44.2 Å². The van der Waals surface area contributed by atoms with E-state index in [4.69, 9.17) is 16.7 Å². The Morgan fingerprint density at radius 2 is 1.84 bits per heavy atom. The highest BCUT2D eigenvalue weighted by Crippen LogP contribution is 2.39. The molecule has 0 radical (unpaired) electrons. The van der Waals surface area contributed by atoms with Crippen molar-refractivity contribution in [2.45, 2.75) is 33.1 Å². The minimum absolute atomic E-state index is 0.287. The number of alkyl halides is 3. The van der Waals surface area contributed by atoms with Crippen LogP contribution in [0.1, 0.15) is 27.8 Å². The number of nitrogens with one attached hydrogen (secondary N) is 2. The second-order valence-electron chi connectivity index (χ2n) is 8.97. The first-order chi connectivity index (χ1) is 18.2. The number of aromatic nitrogens is 1. The number of aryl methyl sites for hydroxylation is 3. The molecule has 3 aromatic carbocycles. The van der Waals surface area contributed by atoms with Gasteiger partial charge in [-0.25, -0.2) is 0 Å². The van der Waals surface area contributed by atoms with Gasteiger partial charge in [-0.1, -0.05) is 35.0 Å². The topological polar surface area (TPSA) is 71.7 Å². The second kappa shape index (κ2) is 10.3. The lowest BCUT2D eigenvalue weighted by molar-refractivity contribution is -0.274. The molecule has 1 aliphatic carbocycles. The molecule has 0 amide bonds. The van der Waals surface area contributed by atoms with Gasteiger partial charge in [-0.3, -0.25) is 5.43 Å². The SMILES string of the molecule is Cc1ccc(NC(=S)NN=Cc2ccc3c(c2)CCc2c-3noc2-c2ccc(OC(F)(F)F)cc2)c(C)c1. The van der Waals surface area contributed by atoms with Crippen LogP contribution in [-0.4, -0.2) is 22.8 Å². The lowest BCUT2D eigenvalue weighted by Crippen LogP contribution is -2.24. The average Bonchev–Trinajstić information content (AvgIpc) is 3.30. The maximum Gasteiger partial charge on any atom is 0.573 e. The van der Waals surface area contributed by atoms with E-state index >= 15 is 0 Å². The zero-order valence-electron chi connectivity index (χ0n) is 20.5. The van der Waals surface area contributed by atoms with Crippen LogP contribution in [0.15, 0.2) is 70.3 Å². The van der Waals surface area contributed by atoms with E-state index in [-0.39, 0.29) is 5.75 Å². The Morgan fingerprint density at radius 1 is 1.05 bits per heavy atom. The number of ether oxygens (including phenoxy) is 1. The van der Waals surface area contributed by atoms with Crippen molar-refractivity contribution in [2.24, 2.45) is 5.10 Å². The third kappa shape index (κ3) is 5.70. The van der Waals surface area contributed by atoms with Crippen molar-refractivity contribution in [1.82, 2.24) is 10.6 Å². The third-order valence-corrected chi connectivity index (χ3v) is 6.37. The van der Waals surface area contributed by atoms with Gasteiger partial charge in [-0.05, 0) is 92.0 Å². The molecule has 10 heteroatoms. The molecule has 0 saturated heterocycles. The standard InChI is InChI=1S/C28H23F3N4O2S/c1-16-3-12-24(17(2)13-16)33-27(38)34-32-15-18-4-10-22-20(14-18)7-11-23-25(22)35-37-26(23)19-5-8-21(9-6-19)36-28(29,30)31/h3-6,8-10,12-15H,7,11H2,1-2H3,(H2,33,34,38). The summed E-state index contributed by atoms with van der Waals surface area (Å²) in [6, 6.07) is 17.6. The Morgan fingerprint density at radius 3 is 2.58 bits per heavy atom. The molecular formula is C28H23F3N4O2S. The van der Waals surface area contributed by atoms with Crippen LogP contribution < -0.4 is 15.5 Å². The number of fused-ring (bicyclic) bond motifs is 3. The first-order valence-electron chi connectivity index (χ1n) is 11.8. The molecule has 1 aromatic heterocycles. The molecule has 0 aliphatic heterocycles. The summed E-state index contributed by atoms with van der Waals surface area (Å²) in [5, 5.41) is 12.1. The van der Waals surface area contributed by atoms with Crippen molar-refractivity contribution >= 4 is 29.2 Å². The van der Waals surface area contributed by atoms with E-state index < -0.39 is 6.36 Å². The summed E-state index contributed by atoms with van der Waals surface area (Å²) in [6.07, 6.45) is -1.59. The Hall–Kier alpha value is -4.18. The zero-order chi connectivity index (χ0) is 26.9. The molecule has 0 saturated carbocycles. The maximum absolute atomic E-state index is 12.4. The molecular weight excluding hydrogens is 513 g/mol. The van der Waals surface area contributed by atoms with Gasteiger partial charge < -0.3 is 14.6 Å². The van der Waals surface area contributed by atoms with Gasteiger partial charge in [0, 0.05) is 22.4 Å². The van der Waals surface area contributed by atoms with Crippen molar-refractivity contribution in [2.75, 3.05) is 5.32 Å². The number of benzene rings is 3. The number of anilines is 1. The highest BCUT2D eigenvalue weighted by molar-refractivity contribution is 7.80. The van der Waals surface area contributed by atoms with Gasteiger partial charge in [0.25, 0.3) is 0 Å². The molecule has 4 aromatic rings. The van der Waals surface area contributed by atoms with Crippen molar-refractivity contribution in [3.8, 4) is 28.3 Å². The number of nitrogens with zero attached hydrogens (tertiary/aromatic N) is 2. The summed E-state index contributed by atoms with van der Waals surface area (Å²) in [5.41, 5.74) is 11.3. The van der Waals surface area contributed by atoms with E-state index in [1.54, 1.807) is 6.21 Å². The third-order valence-electron chi connectivity index (χ3n) is 6.18. The van der Waals surface area contributed by atoms with Crippen LogP contribution in [0.4, 0.5) is 18.9 Å². The smallest absolute Gasteiger partial charge is 0.406 e. The summed E-state index contributed by atoms with van der Waals surface area (Å²) >= 11 is 5.35. The van der Waals surface area contributed by atoms with Crippen molar-refractivity contribution in [3.63, 3.8) is 0 Å². The van der Waals surface area contributed by atoms with E-state index in [1.165, 1.54) is 29.8 Å². The Labute approximate surface area is 222 Å². The van der Waals surface area contributed by atoms with Gasteiger partial charge in [0.1, 0.15) is 11.4 Å². The first-order valence-corrected chi connectivity index (χ1v) is 12.2. The number of hydrazone groups is 1. The highest BCUT2D eigenvalue weighted by atomic mass is 32.1. The molecule has 2 N–H and O–H groups in total. The predicted molar refractivity (Wildman–Crippen MR) is 144 cm³/mol. The lowest BCUT2D eigenvalue weighted by Gasteiger charge is -2.16. The van der Waals surface area contributed by atoms with Gasteiger partial charge in [-0.15, -0.1) is 13.2 Å². The minimum Gasteiger partial charge on any atom is -0.406 e. The fourth-order valence-electron chi connectivity index (χ4n) is 4.45. The van der Waals surface area contributed by atoms with Crippen LogP contribution >= 0.6 is 12.2 Å². The first kappa shape index (κ1) is 25.5. The fraction of sp³-hybridized carbons (Fsp3) is 0.179. The summed E-state index contributed by atoms with van der Waals surface area (Å²) in [7, 11) is 0. The van der Waals surface area contributed by atoms with Crippen LogP contribution in [-0.2, 0) is 12.8 Å². The van der Waals surface area contributed by atoms with Crippen molar-refractivity contribution in [3.05, 3.63) is 88.5 Å². The van der Waals surface area contributed by atoms with Crippen LogP contribution in [0, 0.1) is 13.8 Å². The molecule has 0 atom stereocenters. The average molecular weight is 537 g/mol. The number of thiocarbonyl (C=S) groups is 1. The minimum atomic E-state index is -4.74. The molecule has 6 nitrogen and oxygen atoms in total. The highest BCUT2D eigenvalue weighted by Gasteiger charge is 2.31. The maximum atomic E-state index is 12.4. The Balaban J connectivity index is 1.27. The van der Waals surface area contributed by atoms with Gasteiger partial charge >= 0.3 is 6.36 Å². The van der Waals surface area contributed by atoms with Gasteiger partial charge in [-0.2, -0.15) is 5.10 Å². The molecule has 38 heavy (non-hydrogen) atoms. The largest absolute Gasteiger partial charge is 0.573 e. The van der Waals surface area contributed by atoms with E-state index in [2.05, 4.69) is 31.8 Å². The summed E-state index contributed by atoms with van der Waals surface area (Å²) in [5.74, 6) is 0.259. The zero-order valence-corrected chi connectivity index (χ0v) is 21.3.